The summed E-state index contributed by atoms with van der Waals surface area (Å²) in [7, 11) is 0. The number of ether oxygens (including phenoxy) is 1. The molecule has 1 atom stereocenters. The number of hydrogen-bond donors (Lipinski definition) is 1. The van der Waals surface area contributed by atoms with E-state index in [9.17, 15) is 9.90 Å². The molecule has 1 N–H and O–H groups in total. The molecule has 1 saturated heterocycles. The lowest BCUT2D eigenvalue weighted by atomic mass is 9.86. The molecule has 26 heavy (non-hydrogen) atoms. The maximum absolute atomic E-state index is 13.1. The fourth-order valence-corrected chi connectivity index (χ4v) is 3.63. The average Bonchev–Trinajstić information content (AvgIpc) is 2.69. The molecule has 0 unspecified atom stereocenters. The first-order valence-corrected chi connectivity index (χ1v) is 9.41. The van der Waals surface area contributed by atoms with Gasteiger partial charge in [0.05, 0.1) is 0 Å². The van der Waals surface area contributed by atoms with Gasteiger partial charge in [0.1, 0.15) is 6.10 Å². The Hall–Kier alpha value is -2.17. The SMILES string of the molecule is CCCN1CCC[C@@H](OC(=O)C(O)(c2ccccc2)c2ccccc2)C1. The fraction of sp³-hybridized carbons (Fsp3) is 0.409. The minimum absolute atomic E-state index is 0.179. The third kappa shape index (κ3) is 3.97. The van der Waals surface area contributed by atoms with Crippen molar-refractivity contribution in [2.45, 2.75) is 37.9 Å². The van der Waals surface area contributed by atoms with Crippen molar-refractivity contribution < 1.29 is 14.6 Å². The van der Waals surface area contributed by atoms with Crippen molar-refractivity contribution in [1.29, 1.82) is 0 Å². The van der Waals surface area contributed by atoms with Crippen molar-refractivity contribution in [3.8, 4) is 0 Å². The number of carbonyl (C=O) groups is 1. The van der Waals surface area contributed by atoms with Gasteiger partial charge in [0.25, 0.3) is 0 Å². The first-order valence-electron chi connectivity index (χ1n) is 9.41. The molecule has 4 nitrogen and oxygen atoms in total. The maximum Gasteiger partial charge on any atom is 0.348 e. The van der Waals surface area contributed by atoms with E-state index in [-0.39, 0.29) is 6.10 Å². The number of esters is 1. The van der Waals surface area contributed by atoms with Crippen LogP contribution in [0.1, 0.15) is 37.3 Å². The summed E-state index contributed by atoms with van der Waals surface area (Å²) in [6.45, 7) is 4.94. The molecule has 1 aliphatic rings. The van der Waals surface area contributed by atoms with Crippen LogP contribution in [0, 0.1) is 0 Å². The minimum atomic E-state index is -1.80. The summed E-state index contributed by atoms with van der Waals surface area (Å²) in [6.07, 6.45) is 2.75. The molecule has 0 aliphatic carbocycles. The van der Waals surface area contributed by atoms with Crippen LogP contribution in [0.4, 0.5) is 0 Å². The smallest absolute Gasteiger partial charge is 0.348 e. The Kier molecular flexibility index (Phi) is 6.07. The molecule has 0 saturated carbocycles. The second-order valence-electron chi connectivity index (χ2n) is 6.91. The molecule has 0 amide bonds. The van der Waals surface area contributed by atoms with E-state index in [1.54, 1.807) is 24.3 Å². The first-order chi connectivity index (χ1) is 12.6. The topological polar surface area (TPSA) is 49.8 Å². The number of nitrogens with zero attached hydrogens (tertiary/aromatic N) is 1. The lowest BCUT2D eigenvalue weighted by Crippen LogP contribution is -2.45. The fourth-order valence-electron chi connectivity index (χ4n) is 3.63. The normalized spacial score (nSPS) is 18.5. The summed E-state index contributed by atoms with van der Waals surface area (Å²) in [6, 6.07) is 18.1. The molecule has 0 bridgehead atoms. The van der Waals surface area contributed by atoms with E-state index in [0.717, 1.165) is 38.9 Å². The lowest BCUT2D eigenvalue weighted by molar-refractivity contribution is -0.170. The lowest BCUT2D eigenvalue weighted by Gasteiger charge is -2.34. The number of carbonyl (C=O) groups excluding carboxylic acids is 1. The summed E-state index contributed by atoms with van der Waals surface area (Å²) >= 11 is 0. The predicted octanol–water partition coefficient (Wildman–Crippen LogP) is 3.34. The largest absolute Gasteiger partial charge is 0.458 e. The van der Waals surface area contributed by atoms with Crippen LogP contribution in [0.25, 0.3) is 0 Å². The first kappa shape index (κ1) is 18.6. The van der Waals surface area contributed by atoms with Gasteiger partial charge in [-0.3, -0.25) is 4.90 Å². The van der Waals surface area contributed by atoms with Gasteiger partial charge in [-0.1, -0.05) is 67.6 Å². The summed E-state index contributed by atoms with van der Waals surface area (Å²) < 4.78 is 5.81. The molecule has 138 valence electrons. The second kappa shape index (κ2) is 8.47. The number of piperidine rings is 1. The Labute approximate surface area is 155 Å². The third-order valence-corrected chi connectivity index (χ3v) is 4.95. The highest BCUT2D eigenvalue weighted by Gasteiger charge is 2.43. The van der Waals surface area contributed by atoms with E-state index in [4.69, 9.17) is 4.74 Å². The number of hydrogen-bond acceptors (Lipinski definition) is 4. The van der Waals surface area contributed by atoms with Crippen molar-refractivity contribution in [2.75, 3.05) is 19.6 Å². The van der Waals surface area contributed by atoms with Crippen molar-refractivity contribution in [2.24, 2.45) is 0 Å². The van der Waals surface area contributed by atoms with Gasteiger partial charge in [-0.15, -0.1) is 0 Å². The molecule has 1 fully saturated rings. The van der Waals surface area contributed by atoms with Gasteiger partial charge in [-0.05, 0) is 43.5 Å². The van der Waals surface area contributed by atoms with Crippen LogP contribution in [0.3, 0.4) is 0 Å². The monoisotopic (exact) mass is 353 g/mol. The number of benzene rings is 2. The Bertz CT molecular complexity index is 660. The molecule has 4 heteroatoms. The highest BCUT2D eigenvalue weighted by molar-refractivity contribution is 5.85. The van der Waals surface area contributed by atoms with Gasteiger partial charge in [-0.25, -0.2) is 4.79 Å². The van der Waals surface area contributed by atoms with E-state index in [1.807, 2.05) is 36.4 Å². The highest BCUT2D eigenvalue weighted by atomic mass is 16.6. The zero-order valence-corrected chi connectivity index (χ0v) is 15.3. The van der Waals surface area contributed by atoms with E-state index in [2.05, 4.69) is 11.8 Å². The van der Waals surface area contributed by atoms with Crippen LogP contribution in [0.2, 0.25) is 0 Å². The van der Waals surface area contributed by atoms with E-state index in [1.165, 1.54) is 0 Å². The second-order valence-corrected chi connectivity index (χ2v) is 6.91. The predicted molar refractivity (Wildman–Crippen MR) is 102 cm³/mol. The Morgan fingerprint density at radius 3 is 2.23 bits per heavy atom. The Morgan fingerprint density at radius 1 is 1.12 bits per heavy atom. The van der Waals surface area contributed by atoms with Crippen LogP contribution in [-0.2, 0) is 15.1 Å². The van der Waals surface area contributed by atoms with E-state index >= 15 is 0 Å². The van der Waals surface area contributed by atoms with E-state index in [0.29, 0.717) is 11.1 Å². The van der Waals surface area contributed by atoms with Gasteiger partial charge in [-0.2, -0.15) is 0 Å². The van der Waals surface area contributed by atoms with Crippen LogP contribution < -0.4 is 0 Å². The summed E-state index contributed by atoms with van der Waals surface area (Å²) in [5.41, 5.74) is -0.745. The average molecular weight is 353 g/mol. The molecule has 0 radical (unpaired) electrons. The molecular weight excluding hydrogens is 326 g/mol. The van der Waals surface area contributed by atoms with Gasteiger partial charge in [0.15, 0.2) is 0 Å². The maximum atomic E-state index is 13.1. The Morgan fingerprint density at radius 2 is 1.69 bits per heavy atom. The zero-order valence-electron chi connectivity index (χ0n) is 15.3. The highest BCUT2D eigenvalue weighted by Crippen LogP contribution is 2.32. The number of likely N-dealkylation sites (tertiary alicyclic amines) is 1. The summed E-state index contributed by atoms with van der Waals surface area (Å²) in [5, 5.41) is 11.4. The van der Waals surface area contributed by atoms with Crippen molar-refractivity contribution in [3.05, 3.63) is 71.8 Å². The molecule has 1 heterocycles. The van der Waals surface area contributed by atoms with Crippen LogP contribution in [0.15, 0.2) is 60.7 Å². The van der Waals surface area contributed by atoms with Crippen LogP contribution >= 0.6 is 0 Å². The van der Waals surface area contributed by atoms with Gasteiger partial charge in [0, 0.05) is 6.54 Å². The van der Waals surface area contributed by atoms with Crippen molar-refractivity contribution in [3.63, 3.8) is 0 Å². The molecule has 2 aromatic rings. The molecule has 0 spiro atoms. The van der Waals surface area contributed by atoms with Crippen molar-refractivity contribution in [1.82, 2.24) is 4.90 Å². The molecule has 2 aromatic carbocycles. The molecule has 3 rings (SSSR count). The zero-order chi connectivity index (χ0) is 18.4. The molecule has 1 aliphatic heterocycles. The standard InChI is InChI=1S/C22H27NO3/c1-2-15-23-16-9-14-20(17-23)26-21(24)22(25,18-10-5-3-6-11-18)19-12-7-4-8-13-19/h3-8,10-13,20,25H,2,9,14-17H2,1H3/t20-/m1/s1. The number of rotatable bonds is 6. The van der Waals surface area contributed by atoms with E-state index < -0.39 is 11.6 Å². The van der Waals surface area contributed by atoms with Gasteiger partial charge >= 0.3 is 5.97 Å². The number of aliphatic hydroxyl groups is 1. The Balaban J connectivity index is 1.84. The van der Waals surface area contributed by atoms with Crippen LogP contribution in [-0.4, -0.2) is 41.7 Å². The molecule has 0 aromatic heterocycles. The third-order valence-electron chi connectivity index (χ3n) is 4.95. The van der Waals surface area contributed by atoms with Crippen LogP contribution in [0.5, 0.6) is 0 Å². The molecular formula is C22H27NO3. The summed E-state index contributed by atoms with van der Waals surface area (Å²) in [4.78, 5) is 15.4. The van der Waals surface area contributed by atoms with Gasteiger partial charge < -0.3 is 9.84 Å². The van der Waals surface area contributed by atoms with Crippen molar-refractivity contribution >= 4 is 5.97 Å². The summed E-state index contributed by atoms with van der Waals surface area (Å²) in [5.74, 6) is -0.599. The quantitative estimate of drug-likeness (QED) is 0.809. The van der Waals surface area contributed by atoms with Gasteiger partial charge in [0.2, 0.25) is 5.60 Å². The minimum Gasteiger partial charge on any atom is -0.458 e.